The fraction of sp³-hybridized carbons (Fsp3) is 0.769. The minimum absolute atomic E-state index is 0.114. The molecule has 0 aromatic rings. The lowest BCUT2D eigenvalue weighted by Crippen LogP contribution is -2.37. The fourth-order valence-corrected chi connectivity index (χ4v) is 4.33. The van der Waals surface area contributed by atoms with Crippen molar-refractivity contribution in [3.05, 3.63) is 0 Å². The number of carbonyl (C=O) groups excluding carboxylic acids is 3. The summed E-state index contributed by atoms with van der Waals surface area (Å²) in [5.74, 6) is -1.09. The first-order chi connectivity index (χ1) is 10.1. The highest BCUT2D eigenvalue weighted by atomic mass is 32.2. The van der Waals surface area contributed by atoms with E-state index in [1.165, 1.54) is 14.2 Å². The Morgan fingerprint density at radius 3 is 2.57 bits per heavy atom. The van der Waals surface area contributed by atoms with Crippen molar-refractivity contribution in [2.75, 3.05) is 20.0 Å². The number of nitrogens with one attached hydrogen (secondary N) is 2. The van der Waals surface area contributed by atoms with Crippen molar-refractivity contribution in [3.8, 4) is 0 Å². The van der Waals surface area contributed by atoms with Gasteiger partial charge in [-0.05, 0) is 12.8 Å². The number of rotatable bonds is 6. The summed E-state index contributed by atoms with van der Waals surface area (Å²) < 4.78 is 9.26. The van der Waals surface area contributed by atoms with Crippen LogP contribution in [0.1, 0.15) is 19.3 Å². The van der Waals surface area contributed by atoms with Crippen molar-refractivity contribution in [2.45, 2.75) is 36.6 Å². The number of esters is 2. The van der Waals surface area contributed by atoms with E-state index in [1.807, 2.05) is 0 Å². The molecule has 2 N–H and O–H groups in total. The molecule has 0 aliphatic carbocycles. The van der Waals surface area contributed by atoms with Crippen LogP contribution >= 0.6 is 11.8 Å². The summed E-state index contributed by atoms with van der Waals surface area (Å²) in [6.45, 7) is 0. The predicted octanol–water partition coefficient (Wildman–Crippen LogP) is 0.284. The molecule has 8 heteroatoms. The second-order valence-corrected chi connectivity index (χ2v) is 6.42. The van der Waals surface area contributed by atoms with Crippen LogP contribution in [-0.4, -0.2) is 55.3 Å². The predicted molar refractivity (Wildman–Crippen MR) is 76.9 cm³/mol. The van der Waals surface area contributed by atoms with E-state index in [2.05, 4.69) is 20.1 Å². The third kappa shape index (κ3) is 3.61. The summed E-state index contributed by atoms with van der Waals surface area (Å²) in [6.07, 6.45) is 1.93. The van der Waals surface area contributed by atoms with Crippen molar-refractivity contribution in [2.24, 2.45) is 5.92 Å². The molecule has 2 amide bonds. The first kappa shape index (κ1) is 15.9. The molecule has 0 bridgehead atoms. The molecule has 0 aromatic carbocycles. The van der Waals surface area contributed by atoms with Gasteiger partial charge in [0.15, 0.2) is 5.92 Å². The highest BCUT2D eigenvalue weighted by molar-refractivity contribution is 8.00. The van der Waals surface area contributed by atoms with Crippen molar-refractivity contribution in [1.29, 1.82) is 0 Å². The zero-order valence-electron chi connectivity index (χ0n) is 12.1. The summed E-state index contributed by atoms with van der Waals surface area (Å²) in [5, 5.41) is 6.11. The Balaban J connectivity index is 1.81. The van der Waals surface area contributed by atoms with E-state index in [1.54, 1.807) is 11.8 Å². The van der Waals surface area contributed by atoms with Crippen LogP contribution in [0.2, 0.25) is 0 Å². The summed E-state index contributed by atoms with van der Waals surface area (Å²) >= 11 is 1.81. The van der Waals surface area contributed by atoms with Crippen LogP contribution < -0.4 is 10.6 Å². The standard InChI is InChI=1S/C13H20N2O5S/c1-19-11(16)7(12(17)20-2)4-3-5-9-10-8(6-21-9)14-13(18)15-10/h7-10H,3-6H2,1-2H3,(H2,14,15,18)/t8-,9-,10-/m0/s1. The van der Waals surface area contributed by atoms with E-state index < -0.39 is 17.9 Å². The molecule has 0 unspecified atom stereocenters. The van der Waals surface area contributed by atoms with Gasteiger partial charge in [0.25, 0.3) is 0 Å². The lowest BCUT2D eigenvalue weighted by molar-refractivity contribution is -0.159. The number of carbonyl (C=O) groups is 3. The van der Waals surface area contributed by atoms with Gasteiger partial charge in [0.2, 0.25) is 0 Å². The van der Waals surface area contributed by atoms with E-state index >= 15 is 0 Å². The number of fused-ring (bicyclic) bond motifs is 1. The Morgan fingerprint density at radius 1 is 1.29 bits per heavy atom. The van der Waals surface area contributed by atoms with Gasteiger partial charge in [0, 0.05) is 11.0 Å². The van der Waals surface area contributed by atoms with Gasteiger partial charge < -0.3 is 20.1 Å². The number of hydrogen-bond acceptors (Lipinski definition) is 6. The zero-order valence-corrected chi connectivity index (χ0v) is 12.9. The normalized spacial score (nSPS) is 27.0. The molecule has 2 aliphatic heterocycles. The average molecular weight is 316 g/mol. The quantitative estimate of drug-likeness (QED) is 0.415. The minimum atomic E-state index is -0.863. The lowest BCUT2D eigenvalue weighted by Gasteiger charge is -2.18. The van der Waals surface area contributed by atoms with Gasteiger partial charge in [-0.2, -0.15) is 11.8 Å². The summed E-state index contributed by atoms with van der Waals surface area (Å²) in [4.78, 5) is 34.4. The maximum Gasteiger partial charge on any atom is 0.320 e. The van der Waals surface area contributed by atoms with Gasteiger partial charge in [0.1, 0.15) is 0 Å². The Morgan fingerprint density at radius 2 is 1.95 bits per heavy atom. The number of hydrogen-bond donors (Lipinski definition) is 2. The van der Waals surface area contributed by atoms with Gasteiger partial charge in [0.05, 0.1) is 26.3 Å². The van der Waals surface area contributed by atoms with E-state index in [4.69, 9.17) is 0 Å². The Bertz CT molecular complexity index is 415. The lowest BCUT2D eigenvalue weighted by atomic mass is 9.98. The van der Waals surface area contributed by atoms with Crippen molar-refractivity contribution in [3.63, 3.8) is 0 Å². The van der Waals surface area contributed by atoms with Crippen LogP contribution in [0.3, 0.4) is 0 Å². The molecule has 0 radical (unpaired) electrons. The fourth-order valence-electron chi connectivity index (χ4n) is 2.78. The molecule has 2 fully saturated rings. The minimum Gasteiger partial charge on any atom is -0.468 e. The third-order valence-corrected chi connectivity index (χ3v) is 5.40. The Hall–Kier alpha value is -1.44. The van der Waals surface area contributed by atoms with Crippen molar-refractivity contribution >= 4 is 29.7 Å². The maximum absolute atomic E-state index is 11.6. The van der Waals surface area contributed by atoms with E-state index in [0.717, 1.165) is 12.2 Å². The molecule has 2 saturated heterocycles. The molecule has 3 atom stereocenters. The van der Waals surface area contributed by atoms with Crippen LogP contribution in [-0.2, 0) is 19.1 Å². The van der Waals surface area contributed by atoms with Gasteiger partial charge in [-0.15, -0.1) is 0 Å². The van der Waals surface area contributed by atoms with Gasteiger partial charge in [-0.1, -0.05) is 6.42 Å². The number of methoxy groups -OCH3 is 2. The van der Waals surface area contributed by atoms with E-state index in [0.29, 0.717) is 18.1 Å². The Labute approximate surface area is 127 Å². The molecule has 2 rings (SSSR count). The zero-order chi connectivity index (χ0) is 15.4. The molecule has 2 aliphatic rings. The maximum atomic E-state index is 11.6. The van der Waals surface area contributed by atoms with E-state index in [-0.39, 0.29) is 18.1 Å². The second kappa shape index (κ2) is 7.02. The van der Waals surface area contributed by atoms with E-state index in [9.17, 15) is 14.4 Å². The third-order valence-electron chi connectivity index (χ3n) is 3.89. The number of ether oxygens (including phenoxy) is 2. The number of thioether (sulfide) groups is 1. The molecular weight excluding hydrogens is 296 g/mol. The van der Waals surface area contributed by atoms with Crippen molar-refractivity contribution in [1.82, 2.24) is 10.6 Å². The highest BCUT2D eigenvalue weighted by Crippen LogP contribution is 2.33. The van der Waals surface area contributed by atoms with Crippen LogP contribution in [0.4, 0.5) is 4.79 Å². The van der Waals surface area contributed by atoms with Gasteiger partial charge in [-0.3, -0.25) is 9.59 Å². The monoisotopic (exact) mass is 316 g/mol. The molecule has 7 nitrogen and oxygen atoms in total. The topological polar surface area (TPSA) is 93.7 Å². The van der Waals surface area contributed by atoms with Gasteiger partial charge >= 0.3 is 18.0 Å². The Kier molecular flexibility index (Phi) is 5.33. The molecule has 0 aromatic heterocycles. The summed E-state index contributed by atoms with van der Waals surface area (Å²) in [7, 11) is 2.52. The second-order valence-electron chi connectivity index (χ2n) is 5.15. The van der Waals surface area contributed by atoms with Crippen LogP contribution in [0.25, 0.3) is 0 Å². The van der Waals surface area contributed by atoms with Crippen LogP contribution in [0, 0.1) is 5.92 Å². The summed E-state index contributed by atoms with van der Waals surface area (Å²) in [5.41, 5.74) is 0. The molecular formula is C13H20N2O5S. The smallest absolute Gasteiger partial charge is 0.320 e. The highest BCUT2D eigenvalue weighted by Gasteiger charge is 2.42. The average Bonchev–Trinajstić information content (AvgIpc) is 3.02. The van der Waals surface area contributed by atoms with Crippen molar-refractivity contribution < 1.29 is 23.9 Å². The molecule has 2 heterocycles. The molecule has 21 heavy (non-hydrogen) atoms. The number of amides is 2. The van der Waals surface area contributed by atoms with Crippen LogP contribution in [0.5, 0.6) is 0 Å². The first-order valence-electron chi connectivity index (χ1n) is 6.91. The largest absolute Gasteiger partial charge is 0.468 e. The van der Waals surface area contributed by atoms with Gasteiger partial charge in [-0.25, -0.2) is 4.79 Å². The first-order valence-corrected chi connectivity index (χ1v) is 7.96. The molecule has 118 valence electrons. The molecule has 0 saturated carbocycles. The van der Waals surface area contributed by atoms with Crippen LogP contribution in [0.15, 0.2) is 0 Å². The molecule has 0 spiro atoms. The SMILES string of the molecule is COC(=O)C(CCC[C@@H]1SC[C@@H]2NC(=O)N[C@@H]21)C(=O)OC. The summed E-state index contributed by atoms with van der Waals surface area (Å²) in [6, 6.07) is 0.207. The number of urea groups is 1.